The van der Waals surface area contributed by atoms with Crippen molar-refractivity contribution in [1.82, 2.24) is 9.97 Å². The number of alkyl halides is 2. The number of nitrogens with two attached hydrogens (primary N) is 1. The first-order chi connectivity index (χ1) is 13.4. The highest BCUT2D eigenvalue weighted by Crippen LogP contribution is 2.33. The Morgan fingerprint density at radius 1 is 1.14 bits per heavy atom. The number of nitrogens with zero attached hydrogens (tertiary/aromatic N) is 4. The molecule has 8 nitrogen and oxygen atoms in total. The van der Waals surface area contributed by atoms with Crippen LogP contribution in [0.1, 0.15) is 5.69 Å². The van der Waals surface area contributed by atoms with Crippen molar-refractivity contribution < 1.29 is 18.4 Å². The van der Waals surface area contributed by atoms with Gasteiger partial charge in [0.15, 0.2) is 11.6 Å². The normalized spacial score (nSPS) is 15.9. The van der Waals surface area contributed by atoms with Crippen LogP contribution in [0.5, 0.6) is 0 Å². The number of oxime groups is 1. The number of anilines is 3. The van der Waals surface area contributed by atoms with Crippen LogP contribution in [0.4, 0.5) is 26.2 Å². The number of oxazole rings is 1. The monoisotopic (exact) mass is 386 g/mol. The number of nitrogens with one attached hydrogen (secondary N) is 1. The van der Waals surface area contributed by atoms with Gasteiger partial charge >= 0.3 is 0 Å². The molecule has 0 aliphatic carbocycles. The van der Waals surface area contributed by atoms with Crippen molar-refractivity contribution in [2.24, 2.45) is 10.9 Å². The maximum absolute atomic E-state index is 13.0. The third-order valence-corrected chi connectivity index (χ3v) is 4.25. The minimum absolute atomic E-state index is 0.0876. The van der Waals surface area contributed by atoms with Crippen LogP contribution in [0.15, 0.2) is 58.4 Å². The summed E-state index contributed by atoms with van der Waals surface area (Å²) >= 11 is 0. The number of amidine groups is 1. The van der Waals surface area contributed by atoms with Gasteiger partial charge in [-0.25, -0.2) is 13.8 Å². The second-order valence-electron chi connectivity index (χ2n) is 6.33. The lowest BCUT2D eigenvalue weighted by Gasteiger charge is -2.40. The molecule has 10 heteroatoms. The van der Waals surface area contributed by atoms with E-state index in [9.17, 15) is 8.78 Å². The predicted octanol–water partition coefficient (Wildman–Crippen LogP) is 3.03. The zero-order chi connectivity index (χ0) is 19.7. The fourth-order valence-corrected chi connectivity index (χ4v) is 2.79. The summed E-state index contributed by atoms with van der Waals surface area (Å²) in [5.74, 6) is -2.16. The Kier molecular flexibility index (Phi) is 4.30. The molecule has 1 aromatic carbocycles. The van der Waals surface area contributed by atoms with E-state index < -0.39 is 5.92 Å². The van der Waals surface area contributed by atoms with Crippen LogP contribution >= 0.6 is 0 Å². The van der Waals surface area contributed by atoms with Gasteiger partial charge in [-0.2, -0.15) is 0 Å². The van der Waals surface area contributed by atoms with Crippen molar-refractivity contribution in [2.75, 3.05) is 23.3 Å². The molecule has 1 fully saturated rings. The molecule has 1 aliphatic rings. The van der Waals surface area contributed by atoms with Crippen molar-refractivity contribution in [3.8, 4) is 11.3 Å². The number of aromatic nitrogens is 2. The zero-order valence-corrected chi connectivity index (χ0v) is 14.5. The van der Waals surface area contributed by atoms with Gasteiger partial charge in [-0.1, -0.05) is 5.16 Å². The molecule has 3 aromatic rings. The van der Waals surface area contributed by atoms with E-state index in [0.29, 0.717) is 17.1 Å². The van der Waals surface area contributed by atoms with Gasteiger partial charge < -0.3 is 25.6 Å². The minimum Gasteiger partial charge on any atom is -0.423 e. The van der Waals surface area contributed by atoms with Crippen molar-refractivity contribution in [3.63, 3.8) is 0 Å². The van der Waals surface area contributed by atoms with E-state index in [1.165, 1.54) is 6.20 Å². The van der Waals surface area contributed by atoms with Crippen LogP contribution in [0.2, 0.25) is 0 Å². The maximum atomic E-state index is 13.0. The van der Waals surface area contributed by atoms with E-state index in [-0.39, 0.29) is 24.9 Å². The van der Waals surface area contributed by atoms with Crippen molar-refractivity contribution in [3.05, 3.63) is 54.5 Å². The molecule has 0 unspecified atom stereocenters. The van der Waals surface area contributed by atoms with Gasteiger partial charge in [-0.05, 0) is 36.4 Å². The first kappa shape index (κ1) is 17.7. The molecule has 0 radical (unpaired) electrons. The Morgan fingerprint density at radius 2 is 1.89 bits per heavy atom. The number of pyridine rings is 1. The lowest BCUT2D eigenvalue weighted by Crippen LogP contribution is -2.56. The van der Waals surface area contributed by atoms with Gasteiger partial charge in [0.25, 0.3) is 11.9 Å². The highest BCUT2D eigenvalue weighted by molar-refractivity contribution is 5.95. The summed E-state index contributed by atoms with van der Waals surface area (Å²) < 4.78 is 31.6. The van der Waals surface area contributed by atoms with Crippen LogP contribution in [0.25, 0.3) is 11.3 Å². The molecule has 4 rings (SSSR count). The number of hydrogen-bond donors (Lipinski definition) is 3. The predicted molar refractivity (Wildman–Crippen MR) is 99.1 cm³/mol. The number of rotatable bonds is 5. The molecule has 0 atom stereocenters. The molecule has 0 amide bonds. The molecule has 0 saturated carbocycles. The van der Waals surface area contributed by atoms with Crippen LogP contribution in [-0.4, -0.2) is 40.0 Å². The van der Waals surface area contributed by atoms with E-state index >= 15 is 0 Å². The van der Waals surface area contributed by atoms with Gasteiger partial charge in [-0.15, -0.1) is 0 Å². The quantitative estimate of drug-likeness (QED) is 0.267. The van der Waals surface area contributed by atoms with Gasteiger partial charge in [0, 0.05) is 11.3 Å². The van der Waals surface area contributed by atoms with Crippen LogP contribution in [-0.2, 0) is 0 Å². The molecular formula is C18H16F2N6O2. The molecule has 0 bridgehead atoms. The second-order valence-corrected chi connectivity index (χ2v) is 6.33. The number of halogens is 2. The van der Waals surface area contributed by atoms with Crippen LogP contribution in [0, 0.1) is 0 Å². The summed E-state index contributed by atoms with van der Waals surface area (Å²) in [7, 11) is 0. The van der Waals surface area contributed by atoms with Gasteiger partial charge in [-0.3, -0.25) is 4.98 Å². The molecule has 1 aliphatic heterocycles. The van der Waals surface area contributed by atoms with E-state index in [2.05, 4.69) is 20.4 Å². The Balaban J connectivity index is 1.43. The Bertz CT molecular complexity index is 994. The van der Waals surface area contributed by atoms with Crippen LogP contribution in [0.3, 0.4) is 0 Å². The lowest BCUT2D eigenvalue weighted by atomic mass is 10.1. The molecule has 0 spiro atoms. The first-order valence-corrected chi connectivity index (χ1v) is 8.33. The summed E-state index contributed by atoms with van der Waals surface area (Å²) in [6, 6.07) is 10.7. The first-order valence-electron chi connectivity index (χ1n) is 8.33. The van der Waals surface area contributed by atoms with Crippen molar-refractivity contribution in [1.29, 1.82) is 0 Å². The second kappa shape index (κ2) is 6.80. The standard InChI is InChI=1S/C18H16F2N6O2/c19-18(20)9-26(10-18)13-4-1-11(2-5-13)15-8-23-17(28-15)24-12-3-6-14(22-7-12)16(21)25-27/h1-8,27H,9-10H2,(H2,21,25)(H,23,24). The van der Waals surface area contributed by atoms with Crippen LogP contribution < -0.4 is 16.0 Å². The summed E-state index contributed by atoms with van der Waals surface area (Å²) in [6.07, 6.45) is 3.06. The largest absolute Gasteiger partial charge is 0.423 e. The van der Waals surface area contributed by atoms with E-state index in [0.717, 1.165) is 11.3 Å². The summed E-state index contributed by atoms with van der Waals surface area (Å²) in [5, 5.41) is 14.5. The summed E-state index contributed by atoms with van der Waals surface area (Å²) in [4.78, 5) is 9.83. The van der Waals surface area contributed by atoms with E-state index in [1.54, 1.807) is 47.5 Å². The highest BCUT2D eigenvalue weighted by atomic mass is 19.3. The fraction of sp³-hybridized carbons (Fsp3) is 0.167. The van der Waals surface area contributed by atoms with Gasteiger partial charge in [0.1, 0.15) is 5.69 Å². The Labute approximate surface area is 158 Å². The van der Waals surface area contributed by atoms with Crippen molar-refractivity contribution >= 4 is 23.2 Å². The fourth-order valence-electron chi connectivity index (χ4n) is 2.79. The minimum atomic E-state index is -2.60. The number of hydrogen-bond acceptors (Lipinski definition) is 7. The average Bonchev–Trinajstić information content (AvgIpc) is 3.14. The molecule has 144 valence electrons. The van der Waals surface area contributed by atoms with E-state index in [4.69, 9.17) is 15.4 Å². The van der Waals surface area contributed by atoms with Crippen molar-refractivity contribution in [2.45, 2.75) is 5.92 Å². The maximum Gasteiger partial charge on any atom is 0.299 e. The molecule has 2 aromatic heterocycles. The topological polar surface area (TPSA) is 113 Å². The van der Waals surface area contributed by atoms with Gasteiger partial charge in [0.2, 0.25) is 0 Å². The lowest BCUT2D eigenvalue weighted by molar-refractivity contribution is -0.0262. The zero-order valence-electron chi connectivity index (χ0n) is 14.5. The van der Waals surface area contributed by atoms with E-state index in [1.807, 2.05) is 0 Å². The molecule has 1 saturated heterocycles. The SMILES string of the molecule is N/C(=N/O)c1ccc(Nc2ncc(-c3ccc(N4CC(F)(F)C4)cc3)o2)cn1. The highest BCUT2D eigenvalue weighted by Gasteiger charge is 2.43. The third-order valence-electron chi connectivity index (χ3n) is 4.25. The average molecular weight is 386 g/mol. The smallest absolute Gasteiger partial charge is 0.299 e. The molecule has 28 heavy (non-hydrogen) atoms. The third kappa shape index (κ3) is 3.56. The van der Waals surface area contributed by atoms with Gasteiger partial charge in [0.05, 0.1) is 31.2 Å². The Hall–Kier alpha value is -3.69. The molecule has 4 N–H and O–H groups in total. The molecule has 3 heterocycles. The summed E-state index contributed by atoms with van der Waals surface area (Å²) in [6.45, 7) is -0.517. The molecular weight excluding hydrogens is 370 g/mol. The number of benzene rings is 1. The summed E-state index contributed by atoms with van der Waals surface area (Å²) in [5.41, 5.74) is 7.92. The Morgan fingerprint density at radius 3 is 2.50 bits per heavy atom.